The lowest BCUT2D eigenvalue weighted by Crippen LogP contribution is -2.44. The van der Waals surface area contributed by atoms with Crippen LogP contribution in [0.25, 0.3) is 0 Å². The van der Waals surface area contributed by atoms with Gasteiger partial charge < -0.3 is 5.32 Å². The molecule has 1 aromatic carbocycles. The summed E-state index contributed by atoms with van der Waals surface area (Å²) >= 11 is 12.5. The SMILES string of the molecule is CCC(CC)(CNC(C)(C)C)Cc1cccc(Cl)c1Cl. The molecule has 0 bridgehead atoms. The van der Waals surface area contributed by atoms with Crippen molar-refractivity contribution >= 4 is 23.2 Å². The van der Waals surface area contributed by atoms with Crippen LogP contribution in [0.15, 0.2) is 18.2 Å². The van der Waals surface area contributed by atoms with Crippen LogP contribution in [0.3, 0.4) is 0 Å². The highest BCUT2D eigenvalue weighted by Crippen LogP contribution is 2.35. The first-order valence-electron chi connectivity index (χ1n) is 7.41. The molecule has 114 valence electrons. The predicted octanol–water partition coefficient (Wildman–Crippen LogP) is 5.73. The molecule has 0 amide bonds. The van der Waals surface area contributed by atoms with Crippen LogP contribution < -0.4 is 5.32 Å². The third-order valence-corrected chi connectivity index (χ3v) is 4.95. The van der Waals surface area contributed by atoms with Gasteiger partial charge in [0.1, 0.15) is 0 Å². The average Bonchev–Trinajstić information content (AvgIpc) is 2.39. The minimum Gasteiger partial charge on any atom is -0.312 e. The Morgan fingerprint density at radius 3 is 2.15 bits per heavy atom. The molecule has 3 heteroatoms. The number of benzene rings is 1. The summed E-state index contributed by atoms with van der Waals surface area (Å²) in [6, 6.07) is 5.92. The van der Waals surface area contributed by atoms with Gasteiger partial charge in [0.15, 0.2) is 0 Å². The molecule has 0 fully saturated rings. The van der Waals surface area contributed by atoms with Crippen molar-refractivity contribution in [3.05, 3.63) is 33.8 Å². The predicted molar refractivity (Wildman–Crippen MR) is 90.9 cm³/mol. The quantitative estimate of drug-likeness (QED) is 0.706. The molecule has 0 heterocycles. The lowest BCUT2D eigenvalue weighted by molar-refractivity contribution is 0.220. The van der Waals surface area contributed by atoms with Crippen LogP contribution in [0, 0.1) is 5.41 Å². The molecule has 0 spiro atoms. The molecule has 1 N–H and O–H groups in total. The summed E-state index contributed by atoms with van der Waals surface area (Å²) in [5.74, 6) is 0. The van der Waals surface area contributed by atoms with Crippen molar-refractivity contribution in [2.24, 2.45) is 5.41 Å². The van der Waals surface area contributed by atoms with Crippen LogP contribution in [-0.4, -0.2) is 12.1 Å². The van der Waals surface area contributed by atoms with Crippen molar-refractivity contribution < 1.29 is 0 Å². The van der Waals surface area contributed by atoms with Gasteiger partial charge in [-0.15, -0.1) is 0 Å². The van der Waals surface area contributed by atoms with Gasteiger partial charge in [0, 0.05) is 12.1 Å². The first-order valence-corrected chi connectivity index (χ1v) is 8.16. The smallest absolute Gasteiger partial charge is 0.0624 e. The number of hydrogen-bond donors (Lipinski definition) is 1. The van der Waals surface area contributed by atoms with Gasteiger partial charge in [-0.25, -0.2) is 0 Å². The molecule has 0 atom stereocenters. The standard InChI is InChI=1S/C17H27Cl2N/c1-6-17(7-2,12-20-16(3,4)5)11-13-9-8-10-14(18)15(13)19/h8-10,20H,6-7,11-12H2,1-5H3. The molecule has 0 unspecified atom stereocenters. The zero-order chi connectivity index (χ0) is 15.4. The summed E-state index contributed by atoms with van der Waals surface area (Å²) in [4.78, 5) is 0. The lowest BCUT2D eigenvalue weighted by Gasteiger charge is -2.36. The lowest BCUT2D eigenvalue weighted by atomic mass is 9.76. The first kappa shape index (κ1) is 17.8. The molecular formula is C17H27Cl2N. The van der Waals surface area contributed by atoms with E-state index in [9.17, 15) is 0 Å². The molecule has 0 aliphatic heterocycles. The molecule has 1 rings (SSSR count). The molecule has 0 aliphatic carbocycles. The Morgan fingerprint density at radius 2 is 1.65 bits per heavy atom. The minimum absolute atomic E-state index is 0.133. The van der Waals surface area contributed by atoms with Crippen molar-refractivity contribution in [3.63, 3.8) is 0 Å². The molecule has 1 nitrogen and oxygen atoms in total. The zero-order valence-corrected chi connectivity index (χ0v) is 14.8. The van der Waals surface area contributed by atoms with Crippen LogP contribution in [-0.2, 0) is 6.42 Å². The molecule has 0 aromatic heterocycles. The summed E-state index contributed by atoms with van der Waals surface area (Å²) in [5, 5.41) is 4.99. The first-order chi connectivity index (χ1) is 9.23. The maximum absolute atomic E-state index is 6.35. The molecule has 0 saturated heterocycles. The van der Waals surface area contributed by atoms with Crippen LogP contribution in [0.2, 0.25) is 10.0 Å². The van der Waals surface area contributed by atoms with Gasteiger partial charge in [-0.3, -0.25) is 0 Å². The minimum atomic E-state index is 0.133. The van der Waals surface area contributed by atoms with Gasteiger partial charge in [0.25, 0.3) is 0 Å². The second kappa shape index (κ2) is 7.15. The Kier molecular flexibility index (Phi) is 6.37. The van der Waals surface area contributed by atoms with E-state index in [1.165, 1.54) is 0 Å². The Balaban J connectivity index is 2.93. The number of hydrogen-bond acceptors (Lipinski definition) is 1. The van der Waals surface area contributed by atoms with E-state index in [2.05, 4.69) is 46.0 Å². The third kappa shape index (κ3) is 4.95. The van der Waals surface area contributed by atoms with Crippen LogP contribution in [0.1, 0.15) is 53.0 Å². The Bertz CT molecular complexity index is 431. The number of nitrogens with one attached hydrogen (secondary N) is 1. The Labute approximate surface area is 134 Å². The van der Waals surface area contributed by atoms with E-state index in [1.807, 2.05) is 12.1 Å². The van der Waals surface area contributed by atoms with E-state index < -0.39 is 0 Å². The van der Waals surface area contributed by atoms with Crippen molar-refractivity contribution in [1.82, 2.24) is 5.32 Å². The second-order valence-electron chi connectivity index (χ2n) is 6.70. The normalized spacial score (nSPS) is 12.8. The second-order valence-corrected chi connectivity index (χ2v) is 7.49. The molecule has 0 radical (unpaired) electrons. The summed E-state index contributed by atoms with van der Waals surface area (Å²) < 4.78 is 0. The van der Waals surface area contributed by atoms with Crippen LogP contribution in [0.4, 0.5) is 0 Å². The van der Waals surface area contributed by atoms with Crippen molar-refractivity contribution in [1.29, 1.82) is 0 Å². The number of rotatable bonds is 6. The zero-order valence-electron chi connectivity index (χ0n) is 13.3. The fraction of sp³-hybridized carbons (Fsp3) is 0.647. The van der Waals surface area contributed by atoms with E-state index in [0.29, 0.717) is 10.0 Å². The topological polar surface area (TPSA) is 12.0 Å². The fourth-order valence-corrected chi connectivity index (χ4v) is 2.74. The molecule has 20 heavy (non-hydrogen) atoms. The molecular weight excluding hydrogens is 289 g/mol. The molecule has 0 saturated carbocycles. The fourth-order valence-electron chi connectivity index (χ4n) is 2.35. The maximum atomic E-state index is 6.35. The van der Waals surface area contributed by atoms with Gasteiger partial charge in [0.05, 0.1) is 10.0 Å². The maximum Gasteiger partial charge on any atom is 0.0624 e. The van der Waals surface area contributed by atoms with E-state index in [0.717, 1.165) is 31.4 Å². The van der Waals surface area contributed by atoms with Crippen LogP contribution >= 0.6 is 23.2 Å². The molecule has 0 aliphatic rings. The monoisotopic (exact) mass is 315 g/mol. The van der Waals surface area contributed by atoms with E-state index in [4.69, 9.17) is 23.2 Å². The van der Waals surface area contributed by atoms with Gasteiger partial charge in [-0.1, -0.05) is 49.2 Å². The van der Waals surface area contributed by atoms with Crippen molar-refractivity contribution in [2.75, 3.05) is 6.54 Å². The van der Waals surface area contributed by atoms with Gasteiger partial charge >= 0.3 is 0 Å². The van der Waals surface area contributed by atoms with Gasteiger partial charge in [-0.2, -0.15) is 0 Å². The summed E-state index contributed by atoms with van der Waals surface area (Å²) in [7, 11) is 0. The largest absolute Gasteiger partial charge is 0.312 e. The van der Waals surface area contributed by atoms with E-state index in [-0.39, 0.29) is 11.0 Å². The van der Waals surface area contributed by atoms with Gasteiger partial charge in [0.2, 0.25) is 0 Å². The van der Waals surface area contributed by atoms with Gasteiger partial charge in [-0.05, 0) is 57.1 Å². The Morgan fingerprint density at radius 1 is 1.05 bits per heavy atom. The van der Waals surface area contributed by atoms with Crippen molar-refractivity contribution in [2.45, 2.75) is 59.4 Å². The highest BCUT2D eigenvalue weighted by Gasteiger charge is 2.29. The number of halogens is 2. The Hall–Kier alpha value is -0.240. The summed E-state index contributed by atoms with van der Waals surface area (Å²) in [6.07, 6.45) is 3.20. The highest BCUT2D eigenvalue weighted by atomic mass is 35.5. The third-order valence-electron chi connectivity index (χ3n) is 4.09. The van der Waals surface area contributed by atoms with E-state index in [1.54, 1.807) is 0 Å². The van der Waals surface area contributed by atoms with Crippen molar-refractivity contribution in [3.8, 4) is 0 Å². The summed E-state index contributed by atoms with van der Waals surface area (Å²) in [6.45, 7) is 12.1. The highest BCUT2D eigenvalue weighted by molar-refractivity contribution is 6.42. The van der Waals surface area contributed by atoms with E-state index >= 15 is 0 Å². The molecule has 1 aromatic rings. The van der Waals surface area contributed by atoms with Crippen LogP contribution in [0.5, 0.6) is 0 Å². The summed E-state index contributed by atoms with van der Waals surface area (Å²) in [5.41, 5.74) is 1.51. The average molecular weight is 316 g/mol.